The fourth-order valence-electron chi connectivity index (χ4n) is 2.12. The van der Waals surface area contributed by atoms with Crippen molar-refractivity contribution in [3.05, 3.63) is 70.1 Å². The zero-order valence-electron chi connectivity index (χ0n) is 13.2. The minimum Gasteiger partial charge on any atom is -0.338 e. The van der Waals surface area contributed by atoms with E-state index in [0.29, 0.717) is 17.3 Å². The van der Waals surface area contributed by atoms with Gasteiger partial charge in [-0.25, -0.2) is 0 Å². The first-order valence-electron chi connectivity index (χ1n) is 7.34. The average Bonchev–Trinajstić information content (AvgIpc) is 3.07. The molecule has 122 valence electrons. The highest BCUT2D eigenvalue weighted by atomic mass is 32.2. The van der Waals surface area contributed by atoms with Gasteiger partial charge in [0.15, 0.2) is 0 Å². The first-order valence-corrected chi connectivity index (χ1v) is 8.22. The Hall–Kier alpha value is -2.67. The second kappa shape index (κ2) is 6.84. The molecule has 0 amide bonds. The fourth-order valence-corrected chi connectivity index (χ4v) is 3.02. The largest absolute Gasteiger partial charge is 0.338 e. The van der Waals surface area contributed by atoms with E-state index in [9.17, 15) is 10.1 Å². The van der Waals surface area contributed by atoms with Gasteiger partial charge >= 0.3 is 0 Å². The molecular formula is C17H15N3O3S. The van der Waals surface area contributed by atoms with Crippen LogP contribution in [0.15, 0.2) is 57.9 Å². The van der Waals surface area contributed by atoms with Crippen LogP contribution < -0.4 is 0 Å². The van der Waals surface area contributed by atoms with Crippen LogP contribution in [0.1, 0.15) is 23.6 Å². The van der Waals surface area contributed by atoms with Crippen LogP contribution in [0.2, 0.25) is 0 Å². The number of non-ortho nitro benzene ring substituents is 1. The van der Waals surface area contributed by atoms with Crippen molar-refractivity contribution in [2.24, 2.45) is 0 Å². The van der Waals surface area contributed by atoms with Gasteiger partial charge in [0.05, 0.1) is 10.2 Å². The van der Waals surface area contributed by atoms with E-state index < -0.39 is 4.92 Å². The Morgan fingerprint density at radius 3 is 2.42 bits per heavy atom. The predicted molar refractivity (Wildman–Crippen MR) is 91.8 cm³/mol. The summed E-state index contributed by atoms with van der Waals surface area (Å²) in [5.41, 5.74) is 1.93. The Morgan fingerprint density at radius 1 is 1.12 bits per heavy atom. The van der Waals surface area contributed by atoms with Crippen LogP contribution in [0.25, 0.3) is 11.4 Å². The number of rotatable bonds is 5. The van der Waals surface area contributed by atoms with Crippen molar-refractivity contribution in [1.82, 2.24) is 10.1 Å². The third-order valence-corrected chi connectivity index (χ3v) is 4.56. The van der Waals surface area contributed by atoms with Crippen molar-refractivity contribution < 1.29 is 9.45 Å². The molecule has 0 aliphatic rings. The number of benzene rings is 2. The molecule has 0 saturated carbocycles. The molecule has 0 saturated heterocycles. The number of aromatic nitrogens is 2. The van der Waals surface area contributed by atoms with Crippen LogP contribution in [0, 0.1) is 17.0 Å². The minimum atomic E-state index is -0.439. The molecule has 7 heteroatoms. The van der Waals surface area contributed by atoms with Crippen molar-refractivity contribution in [3.8, 4) is 11.4 Å². The van der Waals surface area contributed by atoms with E-state index in [1.54, 1.807) is 23.9 Å². The van der Waals surface area contributed by atoms with E-state index in [-0.39, 0.29) is 10.9 Å². The van der Waals surface area contributed by atoms with Crippen molar-refractivity contribution in [1.29, 1.82) is 0 Å². The summed E-state index contributed by atoms with van der Waals surface area (Å²) >= 11 is 1.63. The van der Waals surface area contributed by atoms with Crippen LogP contribution in [0.3, 0.4) is 0 Å². The summed E-state index contributed by atoms with van der Waals surface area (Å²) in [6, 6.07) is 14.3. The summed E-state index contributed by atoms with van der Waals surface area (Å²) in [7, 11) is 0. The van der Waals surface area contributed by atoms with E-state index in [2.05, 4.69) is 34.4 Å². The van der Waals surface area contributed by atoms with Crippen molar-refractivity contribution in [2.45, 2.75) is 24.0 Å². The van der Waals surface area contributed by atoms with Gasteiger partial charge in [-0.05, 0) is 38.1 Å². The highest BCUT2D eigenvalue weighted by Crippen LogP contribution is 2.34. The van der Waals surface area contributed by atoms with E-state index in [1.807, 2.05) is 13.8 Å². The van der Waals surface area contributed by atoms with E-state index in [4.69, 9.17) is 4.52 Å². The molecule has 0 fully saturated rings. The predicted octanol–water partition coefficient (Wildman–Crippen LogP) is 4.81. The average molecular weight is 341 g/mol. The van der Waals surface area contributed by atoms with Gasteiger partial charge < -0.3 is 4.52 Å². The van der Waals surface area contributed by atoms with Crippen LogP contribution in [-0.2, 0) is 0 Å². The van der Waals surface area contributed by atoms with E-state index in [1.165, 1.54) is 17.7 Å². The zero-order chi connectivity index (χ0) is 17.1. The monoisotopic (exact) mass is 341 g/mol. The van der Waals surface area contributed by atoms with Gasteiger partial charge in [-0.1, -0.05) is 22.9 Å². The molecule has 0 aliphatic heterocycles. The quantitative estimate of drug-likeness (QED) is 0.376. The molecule has 1 unspecified atom stereocenters. The second-order valence-corrected chi connectivity index (χ2v) is 6.75. The minimum absolute atomic E-state index is 0.00649. The highest BCUT2D eigenvalue weighted by molar-refractivity contribution is 7.99. The van der Waals surface area contributed by atoms with Gasteiger partial charge in [-0.15, -0.1) is 11.8 Å². The maximum Gasteiger partial charge on any atom is 0.269 e. The summed E-state index contributed by atoms with van der Waals surface area (Å²) < 4.78 is 5.34. The summed E-state index contributed by atoms with van der Waals surface area (Å²) in [4.78, 5) is 15.8. The number of hydrogen-bond acceptors (Lipinski definition) is 6. The Morgan fingerprint density at radius 2 is 1.79 bits per heavy atom. The molecular weight excluding hydrogens is 326 g/mol. The highest BCUT2D eigenvalue weighted by Gasteiger charge is 2.17. The number of hydrogen-bond donors (Lipinski definition) is 0. The molecule has 24 heavy (non-hydrogen) atoms. The fraction of sp³-hybridized carbons (Fsp3) is 0.176. The van der Waals surface area contributed by atoms with Crippen LogP contribution >= 0.6 is 11.8 Å². The molecule has 0 radical (unpaired) electrons. The first kappa shape index (κ1) is 16.2. The number of thioether (sulfide) groups is 1. The Balaban J connectivity index is 1.74. The van der Waals surface area contributed by atoms with Crippen LogP contribution in [0.4, 0.5) is 5.69 Å². The molecule has 6 nitrogen and oxygen atoms in total. The zero-order valence-corrected chi connectivity index (χ0v) is 14.0. The van der Waals surface area contributed by atoms with Gasteiger partial charge in [0, 0.05) is 22.6 Å². The number of nitro groups is 1. The lowest BCUT2D eigenvalue weighted by molar-refractivity contribution is -0.384. The SMILES string of the molecule is Cc1ccc(SC(C)c2nc(-c3ccc([N+](=O)[O-])cc3)no2)cc1. The van der Waals surface area contributed by atoms with E-state index in [0.717, 1.165) is 4.90 Å². The molecule has 2 aromatic carbocycles. The Labute approximate surface area is 143 Å². The molecule has 1 aromatic heterocycles. The molecule has 1 atom stereocenters. The molecule has 3 aromatic rings. The number of aryl methyl sites for hydroxylation is 1. The molecule has 0 aliphatic carbocycles. The summed E-state index contributed by atoms with van der Waals surface area (Å²) in [5.74, 6) is 0.949. The third-order valence-electron chi connectivity index (χ3n) is 3.46. The lowest BCUT2D eigenvalue weighted by Crippen LogP contribution is -1.90. The lowest BCUT2D eigenvalue weighted by Gasteiger charge is -2.06. The van der Waals surface area contributed by atoms with Gasteiger partial charge in [0.1, 0.15) is 0 Å². The lowest BCUT2D eigenvalue weighted by atomic mass is 10.2. The van der Waals surface area contributed by atoms with Crippen molar-refractivity contribution in [3.63, 3.8) is 0 Å². The third kappa shape index (κ3) is 3.62. The number of nitro benzene ring substituents is 1. The summed E-state index contributed by atoms with van der Waals surface area (Å²) in [5, 5.41) is 14.7. The van der Waals surface area contributed by atoms with Gasteiger partial charge in [0.2, 0.25) is 11.7 Å². The maximum absolute atomic E-state index is 10.7. The van der Waals surface area contributed by atoms with Gasteiger partial charge in [-0.2, -0.15) is 4.98 Å². The van der Waals surface area contributed by atoms with Crippen LogP contribution in [-0.4, -0.2) is 15.1 Å². The van der Waals surface area contributed by atoms with Crippen molar-refractivity contribution in [2.75, 3.05) is 0 Å². The van der Waals surface area contributed by atoms with Crippen LogP contribution in [0.5, 0.6) is 0 Å². The number of nitrogens with zero attached hydrogens (tertiary/aromatic N) is 3. The Kier molecular flexibility index (Phi) is 4.61. The molecule has 3 rings (SSSR count). The topological polar surface area (TPSA) is 82.1 Å². The van der Waals surface area contributed by atoms with Gasteiger partial charge in [0.25, 0.3) is 5.69 Å². The second-order valence-electron chi connectivity index (χ2n) is 5.33. The molecule has 0 bridgehead atoms. The smallest absolute Gasteiger partial charge is 0.269 e. The van der Waals surface area contributed by atoms with E-state index >= 15 is 0 Å². The summed E-state index contributed by atoms with van der Waals surface area (Å²) in [6.45, 7) is 4.05. The standard InChI is InChI=1S/C17H15N3O3S/c1-11-3-9-15(10-4-11)24-12(2)17-18-16(19-23-17)13-5-7-14(8-6-13)20(21)22/h3-10,12H,1-2H3. The van der Waals surface area contributed by atoms with Crippen molar-refractivity contribution >= 4 is 17.4 Å². The first-order chi connectivity index (χ1) is 11.5. The Bertz CT molecular complexity index is 844. The molecule has 0 spiro atoms. The molecule has 1 heterocycles. The van der Waals surface area contributed by atoms with Gasteiger partial charge in [-0.3, -0.25) is 10.1 Å². The maximum atomic E-state index is 10.7. The summed E-state index contributed by atoms with van der Waals surface area (Å²) in [6.07, 6.45) is 0. The normalized spacial score (nSPS) is 12.1. The molecule has 0 N–H and O–H groups in total.